The molecule has 0 spiro atoms. The van der Waals surface area contributed by atoms with Crippen molar-refractivity contribution in [1.29, 1.82) is 0 Å². The molecule has 0 aliphatic carbocycles. The van der Waals surface area contributed by atoms with Crippen molar-refractivity contribution in [2.75, 3.05) is 0 Å². The molecule has 2 aromatic heterocycles. The van der Waals surface area contributed by atoms with Gasteiger partial charge in [-0.3, -0.25) is 4.98 Å². The zero-order valence-electron chi connectivity index (χ0n) is 11.4. The molecule has 0 fully saturated rings. The third-order valence-corrected chi connectivity index (χ3v) is 3.36. The lowest BCUT2D eigenvalue weighted by atomic mass is 10.0. The fourth-order valence-corrected chi connectivity index (χ4v) is 2.26. The summed E-state index contributed by atoms with van der Waals surface area (Å²) in [5.74, 6) is 0. The van der Waals surface area contributed by atoms with Gasteiger partial charge in [-0.15, -0.1) is 0 Å². The molecular weight excluding hydrogens is 250 g/mol. The third kappa shape index (κ3) is 2.26. The van der Waals surface area contributed by atoms with Crippen LogP contribution in [0.2, 0.25) is 0 Å². The molecule has 4 nitrogen and oxygen atoms in total. The van der Waals surface area contributed by atoms with Gasteiger partial charge in [-0.05, 0) is 32.0 Å². The topological polar surface area (TPSA) is 58.9 Å². The Bertz CT molecular complexity index is 771. The van der Waals surface area contributed by atoms with Crippen molar-refractivity contribution in [3.8, 4) is 0 Å². The monoisotopic (exact) mass is 265 g/mol. The standard InChI is InChI=1S/C16H15N3O/c1-10-7-14(11(2)19-18-10)16(20)13-8-12-5-3-4-6-15(12)17-9-13/h3-9,16,20H,1-2H3. The largest absolute Gasteiger partial charge is 0.384 e. The number of para-hydroxylation sites is 1. The lowest BCUT2D eigenvalue weighted by molar-refractivity contribution is 0.218. The van der Waals surface area contributed by atoms with Gasteiger partial charge in [-0.1, -0.05) is 18.2 Å². The smallest absolute Gasteiger partial charge is 0.107 e. The zero-order chi connectivity index (χ0) is 14.1. The highest BCUT2D eigenvalue weighted by atomic mass is 16.3. The first-order chi connectivity index (χ1) is 9.65. The van der Waals surface area contributed by atoms with E-state index in [-0.39, 0.29) is 0 Å². The molecule has 3 aromatic rings. The Morgan fingerprint density at radius 2 is 1.85 bits per heavy atom. The van der Waals surface area contributed by atoms with Crippen molar-refractivity contribution in [3.63, 3.8) is 0 Å². The number of nitrogens with zero attached hydrogens (tertiary/aromatic N) is 3. The van der Waals surface area contributed by atoms with Crippen LogP contribution in [0, 0.1) is 13.8 Å². The van der Waals surface area contributed by atoms with E-state index in [2.05, 4.69) is 15.2 Å². The molecular formula is C16H15N3O. The van der Waals surface area contributed by atoms with Crippen molar-refractivity contribution in [1.82, 2.24) is 15.2 Å². The van der Waals surface area contributed by atoms with Gasteiger partial charge in [-0.2, -0.15) is 10.2 Å². The normalized spacial score (nSPS) is 12.6. The van der Waals surface area contributed by atoms with Crippen molar-refractivity contribution >= 4 is 10.9 Å². The van der Waals surface area contributed by atoms with Gasteiger partial charge in [0.25, 0.3) is 0 Å². The van der Waals surface area contributed by atoms with Crippen molar-refractivity contribution in [2.45, 2.75) is 20.0 Å². The molecule has 0 amide bonds. The molecule has 3 rings (SSSR count). The van der Waals surface area contributed by atoms with Crippen LogP contribution in [-0.2, 0) is 0 Å². The summed E-state index contributed by atoms with van der Waals surface area (Å²) < 4.78 is 0. The minimum Gasteiger partial charge on any atom is -0.384 e. The van der Waals surface area contributed by atoms with Gasteiger partial charge in [0, 0.05) is 22.7 Å². The fraction of sp³-hybridized carbons (Fsp3) is 0.188. The number of hydrogen-bond acceptors (Lipinski definition) is 4. The summed E-state index contributed by atoms with van der Waals surface area (Å²) in [7, 11) is 0. The van der Waals surface area contributed by atoms with Crippen LogP contribution < -0.4 is 0 Å². The summed E-state index contributed by atoms with van der Waals surface area (Å²) in [6, 6.07) is 11.7. The maximum Gasteiger partial charge on any atom is 0.107 e. The Hall–Kier alpha value is -2.33. The van der Waals surface area contributed by atoms with Gasteiger partial charge in [0.15, 0.2) is 0 Å². The number of pyridine rings is 1. The summed E-state index contributed by atoms with van der Waals surface area (Å²) in [6.07, 6.45) is 0.976. The van der Waals surface area contributed by atoms with E-state index in [1.165, 1.54) is 0 Å². The highest BCUT2D eigenvalue weighted by Gasteiger charge is 2.15. The van der Waals surface area contributed by atoms with Crippen LogP contribution in [0.3, 0.4) is 0 Å². The van der Waals surface area contributed by atoms with E-state index in [4.69, 9.17) is 0 Å². The molecule has 100 valence electrons. The lowest BCUT2D eigenvalue weighted by Crippen LogP contribution is -2.06. The number of hydrogen-bond donors (Lipinski definition) is 1. The summed E-state index contributed by atoms with van der Waals surface area (Å²) in [6.45, 7) is 3.71. The Kier molecular flexibility index (Phi) is 3.16. The number of fused-ring (bicyclic) bond motifs is 1. The molecule has 0 saturated heterocycles. The Labute approximate surface area is 117 Å². The molecule has 4 heteroatoms. The van der Waals surface area contributed by atoms with Gasteiger partial charge in [-0.25, -0.2) is 0 Å². The lowest BCUT2D eigenvalue weighted by Gasteiger charge is -2.14. The van der Waals surface area contributed by atoms with E-state index in [1.807, 2.05) is 50.2 Å². The molecule has 20 heavy (non-hydrogen) atoms. The maximum absolute atomic E-state index is 10.5. The van der Waals surface area contributed by atoms with E-state index >= 15 is 0 Å². The summed E-state index contributed by atoms with van der Waals surface area (Å²) >= 11 is 0. The summed E-state index contributed by atoms with van der Waals surface area (Å²) in [4.78, 5) is 4.38. The molecule has 2 heterocycles. The second kappa shape index (κ2) is 4.98. The number of aryl methyl sites for hydroxylation is 2. The molecule has 0 aliphatic heterocycles. The van der Waals surface area contributed by atoms with Crippen LogP contribution in [0.5, 0.6) is 0 Å². The van der Waals surface area contributed by atoms with Gasteiger partial charge < -0.3 is 5.11 Å². The quantitative estimate of drug-likeness (QED) is 0.774. The molecule has 0 bridgehead atoms. The first-order valence-corrected chi connectivity index (χ1v) is 6.49. The van der Waals surface area contributed by atoms with Crippen LogP contribution in [0.4, 0.5) is 0 Å². The van der Waals surface area contributed by atoms with Gasteiger partial charge in [0.1, 0.15) is 6.10 Å². The Balaban J connectivity index is 2.07. The molecule has 1 N–H and O–H groups in total. The first kappa shape index (κ1) is 12.7. The van der Waals surface area contributed by atoms with Crippen molar-refractivity contribution in [2.24, 2.45) is 0 Å². The third-order valence-electron chi connectivity index (χ3n) is 3.36. The molecule has 0 saturated carbocycles. The number of aliphatic hydroxyl groups is 1. The average Bonchev–Trinajstić information content (AvgIpc) is 2.48. The zero-order valence-corrected chi connectivity index (χ0v) is 11.4. The van der Waals surface area contributed by atoms with Crippen LogP contribution in [-0.4, -0.2) is 20.3 Å². The second-order valence-corrected chi connectivity index (χ2v) is 4.89. The predicted molar refractivity (Wildman–Crippen MR) is 77.3 cm³/mol. The van der Waals surface area contributed by atoms with Crippen LogP contribution in [0.25, 0.3) is 10.9 Å². The molecule has 1 aromatic carbocycles. The molecule has 1 unspecified atom stereocenters. The maximum atomic E-state index is 10.5. The van der Waals surface area contributed by atoms with Crippen molar-refractivity contribution in [3.05, 3.63) is 65.1 Å². The van der Waals surface area contributed by atoms with E-state index in [1.54, 1.807) is 6.20 Å². The first-order valence-electron chi connectivity index (χ1n) is 6.49. The number of rotatable bonds is 2. The van der Waals surface area contributed by atoms with E-state index < -0.39 is 6.10 Å². The summed E-state index contributed by atoms with van der Waals surface area (Å²) in [5, 5.41) is 19.6. The minimum absolute atomic E-state index is 0.733. The van der Waals surface area contributed by atoms with Crippen LogP contribution >= 0.6 is 0 Å². The van der Waals surface area contributed by atoms with Crippen molar-refractivity contribution < 1.29 is 5.11 Å². The second-order valence-electron chi connectivity index (χ2n) is 4.89. The Morgan fingerprint density at radius 3 is 2.70 bits per heavy atom. The minimum atomic E-state index is -0.735. The van der Waals surface area contributed by atoms with Gasteiger partial charge in [0.05, 0.1) is 16.9 Å². The molecule has 0 aliphatic rings. The molecule has 0 radical (unpaired) electrons. The van der Waals surface area contributed by atoms with Crippen LogP contribution in [0.15, 0.2) is 42.6 Å². The van der Waals surface area contributed by atoms with E-state index in [0.29, 0.717) is 0 Å². The fourth-order valence-electron chi connectivity index (χ4n) is 2.26. The summed E-state index contributed by atoms with van der Waals surface area (Å²) in [5.41, 5.74) is 3.98. The molecule has 1 atom stereocenters. The van der Waals surface area contributed by atoms with E-state index in [0.717, 1.165) is 33.4 Å². The Morgan fingerprint density at radius 1 is 1.05 bits per heavy atom. The van der Waals surface area contributed by atoms with Gasteiger partial charge in [0.2, 0.25) is 0 Å². The number of aromatic nitrogens is 3. The van der Waals surface area contributed by atoms with Crippen LogP contribution in [0.1, 0.15) is 28.6 Å². The predicted octanol–water partition coefficient (Wildman–Crippen LogP) is 2.72. The number of benzene rings is 1. The SMILES string of the molecule is Cc1cc(C(O)c2cnc3ccccc3c2)c(C)nn1. The number of aliphatic hydroxyl groups excluding tert-OH is 1. The average molecular weight is 265 g/mol. The van der Waals surface area contributed by atoms with Gasteiger partial charge >= 0.3 is 0 Å². The highest BCUT2D eigenvalue weighted by Crippen LogP contribution is 2.25. The highest BCUT2D eigenvalue weighted by molar-refractivity contribution is 5.78. The van der Waals surface area contributed by atoms with E-state index in [9.17, 15) is 5.11 Å².